The second-order valence-corrected chi connectivity index (χ2v) is 23.6. The Morgan fingerprint density at radius 2 is 1.56 bits per heavy atom. The number of aliphatic hydroxyl groups excluding tert-OH is 1. The number of fused-ring (bicyclic) bond motifs is 3. The summed E-state index contributed by atoms with van der Waals surface area (Å²) in [6, 6.07) is -1.17. The van der Waals surface area contributed by atoms with Gasteiger partial charge >= 0.3 is 13.6 Å². The van der Waals surface area contributed by atoms with Crippen molar-refractivity contribution in [3.63, 3.8) is 0 Å². The largest absolute Gasteiger partial charge is 0.460 e. The van der Waals surface area contributed by atoms with E-state index >= 15 is 0 Å². The third kappa shape index (κ3) is 16.9. The highest BCUT2D eigenvalue weighted by Crippen LogP contribution is 2.49. The van der Waals surface area contributed by atoms with Gasteiger partial charge in [-0.2, -0.15) is 0 Å². The number of esters is 1. The molecule has 4 aliphatic rings. The summed E-state index contributed by atoms with van der Waals surface area (Å²) in [5.74, 6) is -8.28. The van der Waals surface area contributed by atoms with Gasteiger partial charge in [0.15, 0.2) is 5.78 Å². The number of cyclic esters (lactones) is 1. The molecule has 72 heavy (non-hydrogen) atoms. The zero-order chi connectivity index (χ0) is 53.7. The number of piperidine rings is 1. The van der Waals surface area contributed by atoms with Crippen molar-refractivity contribution in [1.29, 1.82) is 0 Å². The molecule has 2 saturated heterocycles. The van der Waals surface area contributed by atoms with Crippen molar-refractivity contribution in [2.75, 3.05) is 34.5 Å². The molecule has 16 nitrogen and oxygen atoms in total. The van der Waals surface area contributed by atoms with Crippen molar-refractivity contribution in [2.24, 2.45) is 35.5 Å². The molecule has 0 aromatic carbocycles. The van der Waals surface area contributed by atoms with Crippen LogP contribution in [0.15, 0.2) is 47.6 Å². The van der Waals surface area contributed by atoms with Gasteiger partial charge in [-0.1, -0.05) is 71.1 Å². The highest BCUT2D eigenvalue weighted by atomic mass is 31.2. The molecule has 4 rings (SSSR count). The molecule has 408 valence electrons. The molecule has 3 aliphatic heterocycles. The number of hydrogen-bond donors (Lipinski definition) is 2. The van der Waals surface area contributed by atoms with Gasteiger partial charge in [0.1, 0.15) is 30.1 Å². The van der Waals surface area contributed by atoms with Crippen LogP contribution in [0.3, 0.4) is 0 Å². The van der Waals surface area contributed by atoms with Crippen LogP contribution in [-0.2, 0) is 61.3 Å². The van der Waals surface area contributed by atoms with E-state index in [4.69, 9.17) is 32.7 Å². The van der Waals surface area contributed by atoms with E-state index in [1.54, 1.807) is 54.9 Å². The zero-order valence-electron chi connectivity index (χ0n) is 45.4. The first-order valence-electron chi connectivity index (χ1n) is 26.3. The first-order chi connectivity index (χ1) is 33.9. The molecular formula is C55H88NO15P. The van der Waals surface area contributed by atoms with Gasteiger partial charge in [0, 0.05) is 65.1 Å². The van der Waals surface area contributed by atoms with E-state index in [1.807, 2.05) is 58.1 Å². The van der Waals surface area contributed by atoms with E-state index in [0.29, 0.717) is 69.8 Å². The monoisotopic (exact) mass is 1030 g/mol. The Bertz CT molecular complexity index is 2020. The molecule has 1 aliphatic carbocycles. The van der Waals surface area contributed by atoms with Crippen molar-refractivity contribution in [2.45, 2.75) is 200 Å². The minimum Gasteiger partial charge on any atom is -0.460 e. The number of allylic oxidation sites excluding steroid dienone is 6. The molecule has 3 fully saturated rings. The molecule has 16 atom stereocenters. The molecule has 0 aromatic heterocycles. The van der Waals surface area contributed by atoms with E-state index < -0.39 is 103 Å². The molecule has 1 amide bonds. The molecule has 0 aromatic rings. The highest BCUT2D eigenvalue weighted by Gasteiger charge is 2.53. The predicted octanol–water partition coefficient (Wildman–Crippen LogP) is 8.45. The number of hydrogen-bond acceptors (Lipinski definition) is 15. The number of ketones is 3. The minimum absolute atomic E-state index is 0.00576. The number of methoxy groups -OCH3 is 3. The van der Waals surface area contributed by atoms with Gasteiger partial charge < -0.3 is 47.8 Å². The summed E-state index contributed by atoms with van der Waals surface area (Å²) in [6.07, 6.45) is 10.5. The molecule has 0 spiro atoms. The Kier molecular flexibility index (Phi) is 23.9. The van der Waals surface area contributed by atoms with Crippen LogP contribution in [0.2, 0.25) is 0 Å². The SMILES string of the molecule is CO[C@H]1C[C@@H]2CC[C@@H](C)[C@@](O)(O2)C(=O)C(=O)N2CCCC[C@H]2C(=O)OC([C@H](C)C[C@@H]2CC[C@@H](OP(C)(=O)OC(C)C)[C@H](OC)C2)CC(=O)[C@H](C)/C=C(\C)[C@@H](O)[C@@H](OC)C(=O)[C@H](C)C[C@H](C)/C=C/C=C/C=C/1C. The quantitative estimate of drug-likeness (QED) is 0.0910. The van der Waals surface area contributed by atoms with Crippen LogP contribution < -0.4 is 0 Å². The molecule has 17 heteroatoms. The number of ether oxygens (including phenoxy) is 5. The second-order valence-electron chi connectivity index (χ2n) is 21.6. The van der Waals surface area contributed by atoms with E-state index in [-0.39, 0.29) is 48.9 Å². The maximum absolute atomic E-state index is 14.5. The van der Waals surface area contributed by atoms with Crippen LogP contribution in [0.25, 0.3) is 0 Å². The number of carbonyl (C=O) groups excluding carboxylic acids is 5. The minimum atomic E-state index is -3.37. The Morgan fingerprint density at radius 1 is 0.847 bits per heavy atom. The maximum Gasteiger partial charge on any atom is 0.329 e. The lowest BCUT2D eigenvalue weighted by Crippen LogP contribution is -2.61. The third-order valence-electron chi connectivity index (χ3n) is 15.2. The Morgan fingerprint density at radius 3 is 2.21 bits per heavy atom. The molecule has 2 N–H and O–H groups in total. The average Bonchev–Trinajstić information content (AvgIpc) is 3.32. The summed E-state index contributed by atoms with van der Waals surface area (Å²) < 4.78 is 54.6. The van der Waals surface area contributed by atoms with Crippen molar-refractivity contribution in [3.05, 3.63) is 47.6 Å². The number of rotatable bonds is 10. The summed E-state index contributed by atoms with van der Waals surface area (Å²) in [5, 5.41) is 23.5. The number of Topliss-reactive ketones (excluding diaryl/α,β-unsaturated/α-hetero) is 3. The van der Waals surface area contributed by atoms with Crippen molar-refractivity contribution >= 4 is 36.8 Å². The Balaban J connectivity index is 1.70. The fourth-order valence-corrected chi connectivity index (χ4v) is 12.4. The van der Waals surface area contributed by atoms with E-state index in [9.17, 15) is 38.8 Å². The van der Waals surface area contributed by atoms with E-state index in [2.05, 4.69) is 0 Å². The smallest absolute Gasteiger partial charge is 0.329 e. The zero-order valence-corrected chi connectivity index (χ0v) is 46.3. The molecule has 2 unspecified atom stereocenters. The molecule has 3 heterocycles. The van der Waals surface area contributed by atoms with Gasteiger partial charge in [-0.05, 0) is 121 Å². The Hall–Kier alpha value is -3.18. The van der Waals surface area contributed by atoms with Crippen LogP contribution in [-0.4, -0.2) is 140 Å². The first kappa shape index (κ1) is 61.4. The van der Waals surface area contributed by atoms with Crippen molar-refractivity contribution in [3.8, 4) is 0 Å². The Labute approximate surface area is 429 Å². The van der Waals surface area contributed by atoms with Gasteiger partial charge in [-0.3, -0.25) is 23.7 Å². The third-order valence-corrected chi connectivity index (χ3v) is 16.6. The summed E-state index contributed by atoms with van der Waals surface area (Å²) in [6.45, 7) is 17.7. The van der Waals surface area contributed by atoms with E-state index in [1.165, 1.54) is 18.7 Å². The van der Waals surface area contributed by atoms with E-state index in [0.717, 1.165) is 5.57 Å². The van der Waals surface area contributed by atoms with Gasteiger partial charge in [0.05, 0.1) is 30.5 Å². The lowest BCUT2D eigenvalue weighted by Gasteiger charge is -2.42. The van der Waals surface area contributed by atoms with Crippen molar-refractivity contribution in [1.82, 2.24) is 4.90 Å². The molecule has 1 saturated carbocycles. The number of carbonyl (C=O) groups is 5. The summed E-state index contributed by atoms with van der Waals surface area (Å²) in [4.78, 5) is 72.5. The van der Waals surface area contributed by atoms with Crippen LogP contribution in [0, 0.1) is 35.5 Å². The average molecular weight is 1030 g/mol. The van der Waals surface area contributed by atoms with Crippen LogP contribution in [0.5, 0.6) is 0 Å². The lowest BCUT2D eigenvalue weighted by atomic mass is 9.78. The topological polar surface area (TPSA) is 211 Å². The van der Waals surface area contributed by atoms with Crippen LogP contribution in [0.4, 0.5) is 0 Å². The summed E-state index contributed by atoms with van der Waals surface area (Å²) in [5.41, 5.74) is 1.24. The fourth-order valence-electron chi connectivity index (χ4n) is 10.9. The molecule has 2 bridgehead atoms. The summed E-state index contributed by atoms with van der Waals surface area (Å²) >= 11 is 0. The van der Waals surface area contributed by atoms with Crippen LogP contribution >= 0.6 is 7.60 Å². The number of aliphatic hydroxyl groups is 2. The van der Waals surface area contributed by atoms with Gasteiger partial charge in [0.2, 0.25) is 5.79 Å². The highest BCUT2D eigenvalue weighted by molar-refractivity contribution is 7.53. The molecule has 0 radical (unpaired) electrons. The maximum atomic E-state index is 14.5. The van der Waals surface area contributed by atoms with Gasteiger partial charge in [-0.15, -0.1) is 0 Å². The normalized spacial score (nSPS) is 38.6. The standard InChI is InChI=1S/C55H88NO15P/c1-33(2)70-72(13,64)71-45-25-23-41(30-48(45)66-11)29-37(6)47-32-44(57)36(5)28-39(8)50(59)51(67-12)49(58)38(7)27-34(3)19-15-14-16-20-35(4)46(65-10)31-42-24-22-40(9)55(63,69-42)52(60)53(61)56-26-18-17-21-43(56)54(62)68-47/h14-16,19-20,28,33-34,36-38,40-43,45-48,50-51,59,63H,17-18,21-27,29-32H2,1-13H3/b16-14+,19-15+,35-20+,39-28+/t34-,36-,37-,38-,40-,41+,42+,43+,45-,46+,47?,48-,50-,51+,55-,72?/m1/s1. The summed E-state index contributed by atoms with van der Waals surface area (Å²) in [7, 11) is 1.15. The van der Waals surface area contributed by atoms with Crippen LogP contribution in [0.1, 0.15) is 139 Å². The first-order valence-corrected chi connectivity index (χ1v) is 28.3. The number of amides is 1. The van der Waals surface area contributed by atoms with Gasteiger partial charge in [0.25, 0.3) is 11.7 Å². The van der Waals surface area contributed by atoms with Gasteiger partial charge in [-0.25, -0.2) is 4.79 Å². The predicted molar refractivity (Wildman–Crippen MR) is 274 cm³/mol. The second kappa shape index (κ2) is 28.1. The fraction of sp³-hybridized carbons (Fsp3) is 0.764. The lowest BCUT2D eigenvalue weighted by molar-refractivity contribution is -0.265. The van der Waals surface area contributed by atoms with Crippen molar-refractivity contribution < 1.29 is 71.5 Å². The molecular weight excluding hydrogens is 946 g/mol. The number of nitrogens with zero attached hydrogens (tertiary/aromatic N) is 1.